The van der Waals surface area contributed by atoms with Crippen molar-refractivity contribution in [1.82, 2.24) is 24.8 Å². The average Bonchev–Trinajstić information content (AvgIpc) is 3.12. The fourth-order valence-corrected chi connectivity index (χ4v) is 4.20. The number of piperazine rings is 1. The lowest BCUT2D eigenvalue weighted by Crippen LogP contribution is -2.46. The van der Waals surface area contributed by atoms with E-state index in [1.54, 1.807) is 11.3 Å². The molecule has 1 unspecified atom stereocenters. The van der Waals surface area contributed by atoms with E-state index in [9.17, 15) is 0 Å². The molecule has 4 rings (SSSR count). The van der Waals surface area contributed by atoms with Gasteiger partial charge in [-0.15, -0.1) is 23.7 Å². The maximum Gasteiger partial charge on any atom is 0.127 e. The van der Waals surface area contributed by atoms with E-state index in [4.69, 9.17) is 0 Å². The fourth-order valence-electron chi connectivity index (χ4n) is 3.31. The van der Waals surface area contributed by atoms with E-state index in [0.29, 0.717) is 6.04 Å². The van der Waals surface area contributed by atoms with Gasteiger partial charge in [0.05, 0.1) is 21.3 Å². The predicted molar refractivity (Wildman–Crippen MR) is 101 cm³/mol. The maximum absolute atomic E-state index is 4.56. The van der Waals surface area contributed by atoms with Crippen LogP contribution in [-0.2, 0) is 13.6 Å². The van der Waals surface area contributed by atoms with Gasteiger partial charge in [-0.2, -0.15) is 0 Å². The van der Waals surface area contributed by atoms with Crippen LogP contribution in [0.4, 0.5) is 0 Å². The summed E-state index contributed by atoms with van der Waals surface area (Å²) in [5, 5.41) is 4.63. The first-order valence-electron chi connectivity index (χ1n) is 7.99. The Morgan fingerprint density at radius 1 is 1.38 bits per heavy atom. The van der Waals surface area contributed by atoms with E-state index in [1.165, 1.54) is 10.3 Å². The van der Waals surface area contributed by atoms with Gasteiger partial charge >= 0.3 is 0 Å². The molecule has 0 saturated carbocycles. The van der Waals surface area contributed by atoms with Crippen LogP contribution in [0.5, 0.6) is 0 Å². The molecule has 1 aliphatic heterocycles. The molecule has 1 N–H and O–H groups in total. The van der Waals surface area contributed by atoms with Gasteiger partial charge in [0, 0.05) is 45.6 Å². The molecular formula is C17H22ClN5S. The van der Waals surface area contributed by atoms with Crippen LogP contribution in [0.2, 0.25) is 0 Å². The number of benzene rings is 1. The average molecular weight is 364 g/mol. The zero-order valence-electron chi connectivity index (χ0n) is 13.9. The van der Waals surface area contributed by atoms with Crippen molar-refractivity contribution in [3.63, 3.8) is 0 Å². The van der Waals surface area contributed by atoms with E-state index < -0.39 is 0 Å². The molecule has 1 fully saturated rings. The first kappa shape index (κ1) is 17.4. The summed E-state index contributed by atoms with van der Waals surface area (Å²) in [5.41, 5.74) is 2.46. The van der Waals surface area contributed by atoms with E-state index in [-0.39, 0.29) is 12.4 Å². The van der Waals surface area contributed by atoms with Crippen molar-refractivity contribution in [2.75, 3.05) is 19.6 Å². The van der Waals surface area contributed by atoms with Gasteiger partial charge in [0.25, 0.3) is 0 Å². The highest BCUT2D eigenvalue weighted by Crippen LogP contribution is 2.26. The Hall–Kier alpha value is -1.47. The Balaban J connectivity index is 0.00000169. The molecule has 0 bridgehead atoms. The number of aryl methyl sites for hydroxylation is 2. The molecule has 1 saturated heterocycles. The number of aromatic nitrogens is 3. The first-order valence-corrected chi connectivity index (χ1v) is 8.80. The molecule has 7 heteroatoms. The fraction of sp³-hybridized carbons (Fsp3) is 0.412. The topological polar surface area (TPSA) is 46.0 Å². The lowest BCUT2D eigenvalue weighted by molar-refractivity contribution is 0.145. The number of halogens is 1. The van der Waals surface area contributed by atoms with Crippen LogP contribution in [0.1, 0.15) is 22.4 Å². The summed E-state index contributed by atoms with van der Waals surface area (Å²) in [4.78, 5) is 11.6. The Morgan fingerprint density at radius 2 is 2.25 bits per heavy atom. The van der Waals surface area contributed by atoms with Gasteiger partial charge in [-0.1, -0.05) is 6.07 Å². The van der Waals surface area contributed by atoms with Crippen LogP contribution in [0.15, 0.2) is 30.6 Å². The Kier molecular flexibility index (Phi) is 5.20. The third kappa shape index (κ3) is 3.32. The van der Waals surface area contributed by atoms with E-state index in [1.807, 2.05) is 12.4 Å². The first-order chi connectivity index (χ1) is 11.2. The van der Waals surface area contributed by atoms with Gasteiger partial charge in [-0.05, 0) is 24.6 Å². The summed E-state index contributed by atoms with van der Waals surface area (Å²) in [6.07, 6.45) is 3.91. The zero-order chi connectivity index (χ0) is 15.8. The molecule has 3 heterocycles. The van der Waals surface area contributed by atoms with Crippen molar-refractivity contribution in [3.8, 4) is 0 Å². The van der Waals surface area contributed by atoms with E-state index in [2.05, 4.69) is 56.9 Å². The summed E-state index contributed by atoms with van der Waals surface area (Å²) >= 11 is 1.77. The van der Waals surface area contributed by atoms with Crippen LogP contribution in [0.25, 0.3) is 10.2 Å². The molecule has 0 spiro atoms. The quantitative estimate of drug-likeness (QED) is 0.777. The zero-order valence-corrected chi connectivity index (χ0v) is 15.5. The summed E-state index contributed by atoms with van der Waals surface area (Å²) < 4.78 is 3.41. The van der Waals surface area contributed by atoms with Gasteiger partial charge in [0.2, 0.25) is 0 Å². The molecule has 128 valence electrons. The minimum atomic E-state index is 0. The molecular weight excluding hydrogens is 342 g/mol. The van der Waals surface area contributed by atoms with Gasteiger partial charge < -0.3 is 9.88 Å². The standard InChI is InChI=1S/C17H21N5S.ClH/c1-12-20-14-4-3-13(9-16(14)23-12)11-22-8-5-18-10-15(22)17-19-6-7-21(17)2;/h3-4,6-7,9,15,18H,5,8,10-11H2,1-2H3;1H. The van der Waals surface area contributed by atoms with Crippen molar-refractivity contribution in [1.29, 1.82) is 0 Å². The number of hydrogen-bond donors (Lipinski definition) is 1. The van der Waals surface area contributed by atoms with Crippen LogP contribution < -0.4 is 5.32 Å². The second kappa shape index (κ2) is 7.19. The normalized spacial score (nSPS) is 18.7. The highest BCUT2D eigenvalue weighted by Gasteiger charge is 2.26. The van der Waals surface area contributed by atoms with E-state index in [0.717, 1.165) is 42.5 Å². The van der Waals surface area contributed by atoms with Crippen LogP contribution in [0, 0.1) is 6.92 Å². The Labute approximate surface area is 152 Å². The highest BCUT2D eigenvalue weighted by molar-refractivity contribution is 7.18. The predicted octanol–water partition coefficient (Wildman–Crippen LogP) is 2.91. The lowest BCUT2D eigenvalue weighted by Gasteiger charge is -2.35. The molecule has 2 aromatic heterocycles. The summed E-state index contributed by atoms with van der Waals surface area (Å²) in [6, 6.07) is 6.96. The monoisotopic (exact) mass is 363 g/mol. The third-order valence-electron chi connectivity index (χ3n) is 4.46. The molecule has 0 radical (unpaired) electrons. The van der Waals surface area contributed by atoms with Crippen molar-refractivity contribution in [2.45, 2.75) is 19.5 Å². The molecule has 0 aliphatic carbocycles. The smallest absolute Gasteiger partial charge is 0.127 e. The van der Waals surface area contributed by atoms with Crippen molar-refractivity contribution < 1.29 is 0 Å². The van der Waals surface area contributed by atoms with Gasteiger partial charge in [0.1, 0.15) is 5.82 Å². The summed E-state index contributed by atoms with van der Waals surface area (Å²) in [6.45, 7) is 6.04. The molecule has 0 amide bonds. The van der Waals surface area contributed by atoms with Crippen LogP contribution in [-0.4, -0.2) is 39.1 Å². The minimum absolute atomic E-state index is 0. The molecule has 1 atom stereocenters. The number of fused-ring (bicyclic) bond motifs is 1. The third-order valence-corrected chi connectivity index (χ3v) is 5.39. The van der Waals surface area contributed by atoms with Gasteiger partial charge in [0.15, 0.2) is 0 Å². The summed E-state index contributed by atoms with van der Waals surface area (Å²) in [7, 11) is 2.07. The molecule has 1 aromatic carbocycles. The molecule has 1 aliphatic rings. The lowest BCUT2D eigenvalue weighted by atomic mass is 10.1. The Morgan fingerprint density at radius 3 is 3.04 bits per heavy atom. The van der Waals surface area contributed by atoms with Crippen molar-refractivity contribution in [3.05, 3.63) is 47.0 Å². The number of imidazole rings is 1. The molecule has 5 nitrogen and oxygen atoms in total. The number of thiazole rings is 1. The number of nitrogens with one attached hydrogen (secondary N) is 1. The summed E-state index contributed by atoms with van der Waals surface area (Å²) in [5.74, 6) is 1.13. The number of nitrogens with zero attached hydrogens (tertiary/aromatic N) is 4. The number of rotatable bonds is 3. The number of hydrogen-bond acceptors (Lipinski definition) is 5. The van der Waals surface area contributed by atoms with Crippen molar-refractivity contribution in [2.24, 2.45) is 7.05 Å². The van der Waals surface area contributed by atoms with Crippen molar-refractivity contribution >= 4 is 34.0 Å². The largest absolute Gasteiger partial charge is 0.337 e. The SMILES string of the molecule is Cc1nc2ccc(CN3CCNCC3c3nccn3C)cc2s1.Cl. The van der Waals surface area contributed by atoms with Crippen LogP contribution >= 0.6 is 23.7 Å². The molecule has 3 aromatic rings. The molecule has 24 heavy (non-hydrogen) atoms. The second-order valence-electron chi connectivity index (χ2n) is 6.12. The highest BCUT2D eigenvalue weighted by atomic mass is 35.5. The minimum Gasteiger partial charge on any atom is -0.337 e. The van der Waals surface area contributed by atoms with Crippen LogP contribution in [0.3, 0.4) is 0 Å². The Bertz CT molecular complexity index is 827. The maximum atomic E-state index is 4.56. The van der Waals surface area contributed by atoms with E-state index >= 15 is 0 Å². The van der Waals surface area contributed by atoms with Gasteiger partial charge in [-0.3, -0.25) is 4.90 Å². The second-order valence-corrected chi connectivity index (χ2v) is 7.36. The van der Waals surface area contributed by atoms with Gasteiger partial charge in [-0.25, -0.2) is 9.97 Å².